The van der Waals surface area contributed by atoms with Gasteiger partial charge in [-0.2, -0.15) is 0 Å². The molecule has 0 radical (unpaired) electrons. The maximum Gasteiger partial charge on any atom is 0.253 e. The van der Waals surface area contributed by atoms with E-state index in [0.717, 1.165) is 18.5 Å². The van der Waals surface area contributed by atoms with Crippen molar-refractivity contribution in [3.8, 4) is 11.4 Å². The van der Waals surface area contributed by atoms with Crippen molar-refractivity contribution >= 4 is 5.91 Å². The second kappa shape index (κ2) is 6.48. The van der Waals surface area contributed by atoms with Crippen molar-refractivity contribution in [1.82, 2.24) is 15.3 Å². The molecule has 108 valence electrons. The highest BCUT2D eigenvalue weighted by Gasteiger charge is 2.19. The number of hydrogen-bond acceptors (Lipinski definition) is 3. The van der Waals surface area contributed by atoms with Gasteiger partial charge in [0.1, 0.15) is 5.69 Å². The summed E-state index contributed by atoms with van der Waals surface area (Å²) in [5.41, 5.74) is 1.97. The van der Waals surface area contributed by atoms with Gasteiger partial charge in [0.15, 0.2) is 0 Å². The lowest BCUT2D eigenvalue weighted by Crippen LogP contribution is -2.36. The van der Waals surface area contributed by atoms with E-state index < -0.39 is 0 Å². The minimum Gasteiger partial charge on any atom is -0.349 e. The number of rotatable bonds is 3. The lowest BCUT2D eigenvalue weighted by atomic mass is 9.95. The topological polar surface area (TPSA) is 54.9 Å². The number of nitrogens with one attached hydrogen (secondary N) is 1. The molecule has 1 amide bonds. The second-order valence-corrected chi connectivity index (χ2v) is 5.42. The average molecular weight is 281 g/mol. The second-order valence-electron chi connectivity index (χ2n) is 5.42. The van der Waals surface area contributed by atoms with Crippen LogP contribution in [0.4, 0.5) is 0 Å². The fourth-order valence-corrected chi connectivity index (χ4v) is 2.81. The van der Waals surface area contributed by atoms with E-state index in [2.05, 4.69) is 15.3 Å². The Morgan fingerprint density at radius 1 is 1.00 bits per heavy atom. The molecule has 1 fully saturated rings. The Morgan fingerprint density at radius 2 is 1.81 bits per heavy atom. The molecule has 4 heteroatoms. The van der Waals surface area contributed by atoms with Crippen LogP contribution in [0.3, 0.4) is 0 Å². The Balaban J connectivity index is 1.83. The van der Waals surface area contributed by atoms with E-state index >= 15 is 0 Å². The summed E-state index contributed by atoms with van der Waals surface area (Å²) < 4.78 is 0. The quantitative estimate of drug-likeness (QED) is 0.940. The smallest absolute Gasteiger partial charge is 0.253 e. The summed E-state index contributed by atoms with van der Waals surface area (Å²) in [6.07, 6.45) is 9.23. The van der Waals surface area contributed by atoms with Gasteiger partial charge in [-0.25, -0.2) is 0 Å². The molecule has 1 saturated carbocycles. The first-order valence-electron chi connectivity index (χ1n) is 7.52. The summed E-state index contributed by atoms with van der Waals surface area (Å²) in [4.78, 5) is 21.2. The summed E-state index contributed by atoms with van der Waals surface area (Å²) >= 11 is 0. The van der Waals surface area contributed by atoms with Gasteiger partial charge in [0.2, 0.25) is 0 Å². The molecule has 0 aromatic carbocycles. The third-order valence-corrected chi connectivity index (χ3v) is 3.90. The number of nitrogens with zero attached hydrogens (tertiary/aromatic N) is 2. The fraction of sp³-hybridized carbons (Fsp3) is 0.353. The van der Waals surface area contributed by atoms with Crippen molar-refractivity contribution in [1.29, 1.82) is 0 Å². The van der Waals surface area contributed by atoms with Crippen LogP contribution in [0, 0.1) is 0 Å². The molecule has 0 spiro atoms. The van der Waals surface area contributed by atoms with E-state index in [9.17, 15) is 4.79 Å². The van der Waals surface area contributed by atoms with Gasteiger partial charge in [0.25, 0.3) is 5.91 Å². The SMILES string of the molecule is O=C(NC1CCCCC1)c1cccnc1-c1ccccn1. The molecular formula is C17H19N3O. The molecule has 0 atom stereocenters. The maximum atomic E-state index is 12.5. The van der Waals surface area contributed by atoms with E-state index in [1.807, 2.05) is 24.3 Å². The Bertz CT molecular complexity index is 606. The minimum atomic E-state index is -0.0457. The van der Waals surface area contributed by atoms with Crippen molar-refractivity contribution in [2.24, 2.45) is 0 Å². The van der Waals surface area contributed by atoms with Gasteiger partial charge >= 0.3 is 0 Å². The van der Waals surface area contributed by atoms with Gasteiger partial charge in [0, 0.05) is 18.4 Å². The lowest BCUT2D eigenvalue weighted by molar-refractivity contribution is 0.0928. The summed E-state index contributed by atoms with van der Waals surface area (Å²) in [6.45, 7) is 0. The highest BCUT2D eigenvalue weighted by Crippen LogP contribution is 2.21. The molecule has 1 aliphatic carbocycles. The monoisotopic (exact) mass is 281 g/mol. The normalized spacial score (nSPS) is 15.6. The number of carbonyl (C=O) groups is 1. The maximum absolute atomic E-state index is 12.5. The standard InChI is InChI=1S/C17H19N3O/c21-17(20-13-7-2-1-3-8-13)14-9-6-12-19-16(14)15-10-4-5-11-18-15/h4-6,9-13H,1-3,7-8H2,(H,20,21). The predicted octanol–water partition coefficient (Wildman–Crippen LogP) is 3.21. The third-order valence-electron chi connectivity index (χ3n) is 3.90. The Morgan fingerprint density at radius 3 is 2.57 bits per heavy atom. The van der Waals surface area contributed by atoms with Crippen LogP contribution in [0.15, 0.2) is 42.7 Å². The average Bonchev–Trinajstić information content (AvgIpc) is 2.56. The Kier molecular flexibility index (Phi) is 4.24. The van der Waals surface area contributed by atoms with E-state index in [1.54, 1.807) is 18.5 Å². The zero-order valence-corrected chi connectivity index (χ0v) is 12.0. The molecule has 1 N–H and O–H groups in total. The zero-order chi connectivity index (χ0) is 14.5. The first-order chi connectivity index (χ1) is 10.3. The number of pyridine rings is 2. The van der Waals surface area contributed by atoms with Gasteiger partial charge in [-0.15, -0.1) is 0 Å². The molecular weight excluding hydrogens is 262 g/mol. The molecule has 4 nitrogen and oxygen atoms in total. The first kappa shape index (κ1) is 13.7. The van der Waals surface area contributed by atoms with E-state index in [-0.39, 0.29) is 5.91 Å². The third kappa shape index (κ3) is 3.27. The van der Waals surface area contributed by atoms with Crippen LogP contribution >= 0.6 is 0 Å². The molecule has 0 aliphatic heterocycles. The number of aromatic nitrogens is 2. The lowest BCUT2D eigenvalue weighted by Gasteiger charge is -2.23. The largest absolute Gasteiger partial charge is 0.349 e. The molecule has 2 aromatic rings. The molecule has 0 saturated heterocycles. The Labute approximate surface area is 124 Å². The van der Waals surface area contributed by atoms with Crippen LogP contribution in [0.1, 0.15) is 42.5 Å². The van der Waals surface area contributed by atoms with Crippen molar-refractivity contribution in [2.75, 3.05) is 0 Å². The highest BCUT2D eigenvalue weighted by atomic mass is 16.1. The van der Waals surface area contributed by atoms with Crippen LogP contribution in [0.25, 0.3) is 11.4 Å². The van der Waals surface area contributed by atoms with Crippen LogP contribution in [-0.4, -0.2) is 21.9 Å². The van der Waals surface area contributed by atoms with E-state index in [4.69, 9.17) is 0 Å². The van der Waals surface area contributed by atoms with Gasteiger partial charge in [0.05, 0.1) is 11.3 Å². The van der Waals surface area contributed by atoms with E-state index in [0.29, 0.717) is 17.3 Å². The predicted molar refractivity (Wildman–Crippen MR) is 81.8 cm³/mol. The van der Waals surface area contributed by atoms with Gasteiger partial charge < -0.3 is 5.32 Å². The molecule has 21 heavy (non-hydrogen) atoms. The summed E-state index contributed by atoms with van der Waals surface area (Å²) in [5.74, 6) is -0.0457. The van der Waals surface area contributed by atoms with Crippen molar-refractivity contribution in [3.05, 3.63) is 48.3 Å². The van der Waals surface area contributed by atoms with Crippen LogP contribution in [0.5, 0.6) is 0 Å². The van der Waals surface area contributed by atoms with Gasteiger partial charge in [-0.3, -0.25) is 14.8 Å². The molecule has 2 aromatic heterocycles. The van der Waals surface area contributed by atoms with Crippen molar-refractivity contribution in [2.45, 2.75) is 38.1 Å². The van der Waals surface area contributed by atoms with Crippen molar-refractivity contribution in [3.63, 3.8) is 0 Å². The minimum absolute atomic E-state index is 0.0457. The summed E-state index contributed by atoms with van der Waals surface area (Å²) in [6, 6.07) is 9.54. The zero-order valence-electron chi connectivity index (χ0n) is 12.0. The van der Waals surface area contributed by atoms with Crippen LogP contribution in [0.2, 0.25) is 0 Å². The molecule has 2 heterocycles. The van der Waals surface area contributed by atoms with Crippen LogP contribution in [-0.2, 0) is 0 Å². The Hall–Kier alpha value is -2.23. The van der Waals surface area contributed by atoms with Crippen molar-refractivity contribution < 1.29 is 4.79 Å². The van der Waals surface area contributed by atoms with Gasteiger partial charge in [-0.05, 0) is 37.1 Å². The summed E-state index contributed by atoms with van der Waals surface area (Å²) in [7, 11) is 0. The van der Waals surface area contributed by atoms with Crippen LogP contribution < -0.4 is 5.32 Å². The van der Waals surface area contributed by atoms with E-state index in [1.165, 1.54) is 19.3 Å². The first-order valence-corrected chi connectivity index (χ1v) is 7.52. The number of carbonyl (C=O) groups excluding carboxylic acids is 1. The molecule has 0 bridgehead atoms. The number of hydrogen-bond donors (Lipinski definition) is 1. The molecule has 3 rings (SSSR count). The molecule has 1 aliphatic rings. The summed E-state index contributed by atoms with van der Waals surface area (Å²) in [5, 5.41) is 3.14. The molecule has 0 unspecified atom stereocenters. The van der Waals surface area contributed by atoms with Gasteiger partial charge in [-0.1, -0.05) is 25.3 Å². The fourth-order valence-electron chi connectivity index (χ4n) is 2.81. The highest BCUT2D eigenvalue weighted by molar-refractivity contribution is 5.99. The number of amides is 1.